The Labute approximate surface area is 115 Å². The number of hydrogen-bond donors (Lipinski definition) is 0. The molecule has 0 radical (unpaired) electrons. The van der Waals surface area contributed by atoms with Crippen molar-refractivity contribution in [2.75, 3.05) is 19.7 Å². The van der Waals surface area contributed by atoms with Crippen molar-refractivity contribution in [1.82, 2.24) is 4.90 Å². The first-order valence-corrected chi connectivity index (χ1v) is 7.02. The molecule has 0 amide bonds. The fourth-order valence-electron chi connectivity index (χ4n) is 2.65. The van der Waals surface area contributed by atoms with E-state index in [0.717, 1.165) is 26.2 Å². The van der Waals surface area contributed by atoms with E-state index < -0.39 is 0 Å². The molecule has 3 nitrogen and oxygen atoms in total. The number of hydrogen-bond acceptors (Lipinski definition) is 3. The van der Waals surface area contributed by atoms with Crippen molar-refractivity contribution >= 4 is 5.78 Å². The maximum absolute atomic E-state index is 11.2. The van der Waals surface area contributed by atoms with Gasteiger partial charge in [0.2, 0.25) is 0 Å². The largest absolute Gasteiger partial charge is 0.375 e. The molecule has 104 valence electrons. The molecule has 0 N–H and O–H groups in total. The lowest BCUT2D eigenvalue weighted by Gasteiger charge is -2.35. The molecule has 2 unspecified atom stereocenters. The molecule has 0 spiro atoms. The zero-order valence-corrected chi connectivity index (χ0v) is 11.8. The Morgan fingerprint density at radius 1 is 1.42 bits per heavy atom. The van der Waals surface area contributed by atoms with Gasteiger partial charge in [-0.05, 0) is 18.4 Å². The van der Waals surface area contributed by atoms with Gasteiger partial charge in [0, 0.05) is 26.1 Å². The molecular weight excluding hydrogens is 238 g/mol. The first kappa shape index (κ1) is 14.2. The van der Waals surface area contributed by atoms with Crippen LogP contribution in [0.5, 0.6) is 0 Å². The molecule has 19 heavy (non-hydrogen) atoms. The van der Waals surface area contributed by atoms with E-state index in [9.17, 15) is 4.79 Å². The van der Waals surface area contributed by atoms with E-state index in [-0.39, 0.29) is 11.9 Å². The second kappa shape index (κ2) is 6.83. The topological polar surface area (TPSA) is 29.5 Å². The highest BCUT2D eigenvalue weighted by molar-refractivity contribution is 5.75. The van der Waals surface area contributed by atoms with Gasteiger partial charge < -0.3 is 9.53 Å². The summed E-state index contributed by atoms with van der Waals surface area (Å²) in [5, 5.41) is 0. The van der Waals surface area contributed by atoms with Crippen LogP contribution in [-0.4, -0.2) is 36.5 Å². The molecule has 3 heteroatoms. The summed E-state index contributed by atoms with van der Waals surface area (Å²) in [6.07, 6.45) is 0.797. The number of Topliss-reactive ketones (excluding diaryl/α,β-unsaturated/α-hetero) is 1. The molecule has 0 aromatic heterocycles. The quantitative estimate of drug-likeness (QED) is 0.815. The first-order valence-electron chi connectivity index (χ1n) is 7.02. The van der Waals surface area contributed by atoms with Gasteiger partial charge in [0.1, 0.15) is 5.78 Å². The number of ketones is 1. The second-order valence-corrected chi connectivity index (χ2v) is 5.51. The van der Waals surface area contributed by atoms with Crippen molar-refractivity contribution in [3.63, 3.8) is 0 Å². The van der Waals surface area contributed by atoms with Crippen LogP contribution in [0, 0.1) is 5.92 Å². The molecule has 1 aromatic rings. The van der Waals surface area contributed by atoms with Gasteiger partial charge in [0.25, 0.3) is 0 Å². The maximum atomic E-state index is 11.2. The number of morpholine rings is 1. The fourth-order valence-corrected chi connectivity index (χ4v) is 2.65. The summed E-state index contributed by atoms with van der Waals surface area (Å²) in [5.74, 6) is 0.548. The molecule has 2 atom stereocenters. The van der Waals surface area contributed by atoms with Crippen LogP contribution in [0.3, 0.4) is 0 Å². The fraction of sp³-hybridized carbons (Fsp3) is 0.562. The smallest absolute Gasteiger partial charge is 0.130 e. The van der Waals surface area contributed by atoms with Crippen molar-refractivity contribution < 1.29 is 9.53 Å². The first-order chi connectivity index (χ1) is 9.15. The molecule has 1 aliphatic heterocycles. The maximum Gasteiger partial charge on any atom is 0.130 e. The lowest BCUT2D eigenvalue weighted by atomic mass is 9.97. The predicted molar refractivity (Wildman–Crippen MR) is 75.9 cm³/mol. The van der Waals surface area contributed by atoms with E-state index in [0.29, 0.717) is 12.3 Å². The summed E-state index contributed by atoms with van der Waals surface area (Å²) in [5.41, 5.74) is 1.34. The minimum atomic E-state index is 0.182. The lowest BCUT2D eigenvalue weighted by Crippen LogP contribution is -2.45. The summed E-state index contributed by atoms with van der Waals surface area (Å²) in [7, 11) is 0. The Hall–Kier alpha value is -1.19. The second-order valence-electron chi connectivity index (χ2n) is 5.51. The average Bonchev–Trinajstić information content (AvgIpc) is 2.39. The lowest BCUT2D eigenvalue weighted by molar-refractivity contribution is -0.120. The van der Waals surface area contributed by atoms with Crippen LogP contribution in [-0.2, 0) is 16.1 Å². The summed E-state index contributed by atoms with van der Waals surface area (Å²) >= 11 is 0. The van der Waals surface area contributed by atoms with Crippen molar-refractivity contribution in [3.8, 4) is 0 Å². The highest BCUT2D eigenvalue weighted by Crippen LogP contribution is 2.18. The van der Waals surface area contributed by atoms with E-state index in [1.54, 1.807) is 6.92 Å². The van der Waals surface area contributed by atoms with E-state index in [4.69, 9.17) is 4.74 Å². The monoisotopic (exact) mass is 261 g/mol. The summed E-state index contributed by atoms with van der Waals surface area (Å²) in [6, 6.07) is 10.5. The number of carbonyl (C=O) groups is 1. The van der Waals surface area contributed by atoms with Crippen molar-refractivity contribution in [1.29, 1.82) is 0 Å². The molecule has 1 fully saturated rings. The molecule has 0 saturated carbocycles. The SMILES string of the molecule is CC(=O)CC(C)C1CN(Cc2ccccc2)CCO1. The van der Waals surface area contributed by atoms with Gasteiger partial charge >= 0.3 is 0 Å². The Morgan fingerprint density at radius 3 is 2.84 bits per heavy atom. The van der Waals surface area contributed by atoms with Crippen LogP contribution in [0.25, 0.3) is 0 Å². The number of nitrogens with zero attached hydrogens (tertiary/aromatic N) is 1. The van der Waals surface area contributed by atoms with Crippen LogP contribution in [0.2, 0.25) is 0 Å². The van der Waals surface area contributed by atoms with E-state index in [1.165, 1.54) is 5.56 Å². The van der Waals surface area contributed by atoms with Gasteiger partial charge in [-0.2, -0.15) is 0 Å². The minimum absolute atomic E-state index is 0.182. The third-order valence-corrected chi connectivity index (χ3v) is 3.67. The minimum Gasteiger partial charge on any atom is -0.375 e. The molecule has 0 bridgehead atoms. The Morgan fingerprint density at radius 2 is 2.16 bits per heavy atom. The Kier molecular flexibility index (Phi) is 5.11. The molecule has 2 rings (SSSR count). The molecule has 1 aliphatic rings. The number of ether oxygens (including phenoxy) is 1. The van der Waals surface area contributed by atoms with Crippen LogP contribution in [0.15, 0.2) is 30.3 Å². The van der Waals surface area contributed by atoms with E-state index in [1.807, 2.05) is 6.07 Å². The molecule has 0 aliphatic carbocycles. The molecule has 1 heterocycles. The number of benzene rings is 1. The highest BCUT2D eigenvalue weighted by atomic mass is 16.5. The van der Waals surface area contributed by atoms with Gasteiger partial charge in [-0.15, -0.1) is 0 Å². The summed E-state index contributed by atoms with van der Waals surface area (Å²) < 4.78 is 5.81. The zero-order valence-electron chi connectivity index (χ0n) is 11.8. The van der Waals surface area contributed by atoms with Crippen molar-refractivity contribution in [3.05, 3.63) is 35.9 Å². The van der Waals surface area contributed by atoms with Gasteiger partial charge in [0.15, 0.2) is 0 Å². The van der Waals surface area contributed by atoms with Crippen molar-refractivity contribution in [2.45, 2.75) is 32.9 Å². The van der Waals surface area contributed by atoms with Crippen LogP contribution >= 0.6 is 0 Å². The van der Waals surface area contributed by atoms with Gasteiger partial charge in [-0.3, -0.25) is 4.90 Å². The average molecular weight is 261 g/mol. The highest BCUT2D eigenvalue weighted by Gasteiger charge is 2.26. The standard InChI is InChI=1S/C16H23NO2/c1-13(10-14(2)18)16-12-17(8-9-19-16)11-15-6-4-3-5-7-15/h3-7,13,16H,8-12H2,1-2H3. The third-order valence-electron chi connectivity index (χ3n) is 3.67. The van der Waals surface area contributed by atoms with Gasteiger partial charge in [0.05, 0.1) is 12.7 Å². The van der Waals surface area contributed by atoms with Gasteiger partial charge in [-0.1, -0.05) is 37.3 Å². The number of rotatable bonds is 5. The molecular formula is C16H23NO2. The van der Waals surface area contributed by atoms with Crippen LogP contribution in [0.1, 0.15) is 25.8 Å². The van der Waals surface area contributed by atoms with Crippen molar-refractivity contribution in [2.24, 2.45) is 5.92 Å². The zero-order chi connectivity index (χ0) is 13.7. The third kappa shape index (κ3) is 4.44. The van der Waals surface area contributed by atoms with Crippen LogP contribution in [0.4, 0.5) is 0 Å². The molecule has 1 saturated heterocycles. The van der Waals surface area contributed by atoms with E-state index in [2.05, 4.69) is 36.1 Å². The van der Waals surface area contributed by atoms with E-state index >= 15 is 0 Å². The van der Waals surface area contributed by atoms with Gasteiger partial charge in [-0.25, -0.2) is 0 Å². The predicted octanol–water partition coefficient (Wildman–Crippen LogP) is 2.50. The Balaban J connectivity index is 1.88. The Bertz CT molecular complexity index is 404. The summed E-state index contributed by atoms with van der Waals surface area (Å²) in [6.45, 7) is 7.38. The number of carbonyl (C=O) groups excluding carboxylic acids is 1. The van der Waals surface area contributed by atoms with Crippen LogP contribution < -0.4 is 0 Å². The molecule has 1 aromatic carbocycles. The normalized spacial score (nSPS) is 22.1. The summed E-state index contributed by atoms with van der Waals surface area (Å²) in [4.78, 5) is 13.6.